The van der Waals surface area contributed by atoms with Gasteiger partial charge in [0.15, 0.2) is 11.5 Å². The van der Waals surface area contributed by atoms with E-state index in [1.165, 1.54) is 11.1 Å². The minimum atomic E-state index is 0.724. The predicted molar refractivity (Wildman–Crippen MR) is 95.1 cm³/mol. The standard InChI is InChI=1S/C20H27NO2/c1-4-5-12-23-20-18(10-7-11-19(20)22-3)15-21-14-17-9-6-8-16(2)13-17/h6-11,13,21H,4-5,12,14-15H2,1-3H3. The Labute approximate surface area is 139 Å². The molecular weight excluding hydrogens is 286 g/mol. The largest absolute Gasteiger partial charge is 0.493 e. The second-order valence-corrected chi connectivity index (χ2v) is 5.74. The highest BCUT2D eigenvalue weighted by atomic mass is 16.5. The average molecular weight is 313 g/mol. The van der Waals surface area contributed by atoms with Gasteiger partial charge in [-0.25, -0.2) is 0 Å². The number of unbranched alkanes of at least 4 members (excludes halogenated alkanes) is 1. The number of nitrogens with one attached hydrogen (secondary N) is 1. The highest BCUT2D eigenvalue weighted by molar-refractivity contribution is 5.46. The van der Waals surface area contributed by atoms with Gasteiger partial charge in [-0.3, -0.25) is 0 Å². The van der Waals surface area contributed by atoms with Gasteiger partial charge in [-0.05, 0) is 25.0 Å². The first kappa shape index (κ1) is 17.4. The molecule has 0 aromatic heterocycles. The van der Waals surface area contributed by atoms with E-state index in [1.54, 1.807) is 7.11 Å². The maximum atomic E-state index is 5.96. The smallest absolute Gasteiger partial charge is 0.165 e. The normalized spacial score (nSPS) is 10.6. The predicted octanol–water partition coefficient (Wildman–Crippen LogP) is 4.47. The lowest BCUT2D eigenvalue weighted by atomic mass is 10.1. The van der Waals surface area contributed by atoms with Crippen molar-refractivity contribution in [1.82, 2.24) is 5.32 Å². The van der Waals surface area contributed by atoms with Gasteiger partial charge in [0.05, 0.1) is 13.7 Å². The van der Waals surface area contributed by atoms with Crippen molar-refractivity contribution in [3.63, 3.8) is 0 Å². The molecule has 23 heavy (non-hydrogen) atoms. The van der Waals surface area contributed by atoms with Crippen LogP contribution >= 0.6 is 0 Å². The third-order valence-electron chi connectivity index (χ3n) is 3.75. The SMILES string of the molecule is CCCCOc1c(CNCc2cccc(C)c2)cccc1OC. The van der Waals surface area contributed by atoms with Gasteiger partial charge in [-0.2, -0.15) is 0 Å². The summed E-state index contributed by atoms with van der Waals surface area (Å²) < 4.78 is 11.4. The van der Waals surface area contributed by atoms with Crippen LogP contribution in [0.3, 0.4) is 0 Å². The zero-order valence-corrected chi connectivity index (χ0v) is 14.4. The second kappa shape index (κ2) is 9.21. The third kappa shape index (κ3) is 5.29. The molecule has 0 heterocycles. The molecule has 0 bridgehead atoms. The van der Waals surface area contributed by atoms with Crippen LogP contribution < -0.4 is 14.8 Å². The molecule has 0 saturated heterocycles. The highest BCUT2D eigenvalue weighted by Gasteiger charge is 2.10. The van der Waals surface area contributed by atoms with Crippen LogP contribution in [0.1, 0.15) is 36.5 Å². The first-order chi connectivity index (χ1) is 11.2. The summed E-state index contributed by atoms with van der Waals surface area (Å²) in [7, 11) is 1.69. The van der Waals surface area contributed by atoms with Crippen LogP contribution in [0, 0.1) is 6.92 Å². The van der Waals surface area contributed by atoms with Crippen LogP contribution in [0.2, 0.25) is 0 Å². The van der Waals surface area contributed by atoms with E-state index >= 15 is 0 Å². The number of benzene rings is 2. The van der Waals surface area contributed by atoms with E-state index in [-0.39, 0.29) is 0 Å². The van der Waals surface area contributed by atoms with Crippen LogP contribution in [-0.4, -0.2) is 13.7 Å². The molecule has 0 aliphatic carbocycles. The van der Waals surface area contributed by atoms with Crippen molar-refractivity contribution in [1.29, 1.82) is 0 Å². The maximum Gasteiger partial charge on any atom is 0.165 e. The maximum absolute atomic E-state index is 5.96. The molecule has 0 aliphatic heterocycles. The number of hydrogen-bond donors (Lipinski definition) is 1. The van der Waals surface area contributed by atoms with Gasteiger partial charge in [0.1, 0.15) is 0 Å². The van der Waals surface area contributed by atoms with Crippen molar-refractivity contribution in [2.45, 2.75) is 39.8 Å². The summed E-state index contributed by atoms with van der Waals surface area (Å²) in [6.45, 7) is 6.60. The van der Waals surface area contributed by atoms with E-state index in [1.807, 2.05) is 12.1 Å². The van der Waals surface area contributed by atoms with E-state index in [2.05, 4.69) is 49.5 Å². The van der Waals surface area contributed by atoms with Gasteiger partial charge in [0, 0.05) is 18.7 Å². The van der Waals surface area contributed by atoms with Crippen LogP contribution in [0.4, 0.5) is 0 Å². The van der Waals surface area contributed by atoms with E-state index in [9.17, 15) is 0 Å². The molecule has 2 aromatic rings. The molecule has 0 amide bonds. The first-order valence-corrected chi connectivity index (χ1v) is 8.29. The van der Waals surface area contributed by atoms with Crippen molar-refractivity contribution in [2.24, 2.45) is 0 Å². The van der Waals surface area contributed by atoms with Crippen molar-refractivity contribution >= 4 is 0 Å². The summed E-state index contributed by atoms with van der Waals surface area (Å²) in [6.07, 6.45) is 2.17. The molecule has 0 saturated carbocycles. The Morgan fingerprint density at radius 2 is 1.87 bits per heavy atom. The number of aryl methyl sites for hydroxylation is 1. The van der Waals surface area contributed by atoms with Gasteiger partial charge >= 0.3 is 0 Å². The van der Waals surface area contributed by atoms with Gasteiger partial charge in [-0.15, -0.1) is 0 Å². The monoisotopic (exact) mass is 313 g/mol. The Morgan fingerprint density at radius 1 is 1.04 bits per heavy atom. The van der Waals surface area contributed by atoms with Crippen molar-refractivity contribution in [3.8, 4) is 11.5 Å². The molecule has 3 nitrogen and oxygen atoms in total. The Morgan fingerprint density at radius 3 is 2.61 bits per heavy atom. The van der Waals surface area contributed by atoms with Crippen LogP contribution in [0.5, 0.6) is 11.5 Å². The summed E-state index contributed by atoms with van der Waals surface area (Å²) in [4.78, 5) is 0. The number of methoxy groups -OCH3 is 1. The van der Waals surface area contributed by atoms with Gasteiger partial charge in [0.2, 0.25) is 0 Å². The molecule has 2 aromatic carbocycles. The lowest BCUT2D eigenvalue weighted by Gasteiger charge is -2.15. The molecule has 124 valence electrons. The Kier molecular flexibility index (Phi) is 6.95. The van der Waals surface area contributed by atoms with Crippen molar-refractivity contribution in [3.05, 3.63) is 59.2 Å². The average Bonchev–Trinajstić information content (AvgIpc) is 2.56. The van der Waals surface area contributed by atoms with Crippen LogP contribution in [0.15, 0.2) is 42.5 Å². The summed E-state index contributed by atoms with van der Waals surface area (Å²) in [5, 5.41) is 3.49. The van der Waals surface area contributed by atoms with Crippen molar-refractivity contribution in [2.75, 3.05) is 13.7 Å². The fraction of sp³-hybridized carbons (Fsp3) is 0.400. The highest BCUT2D eigenvalue weighted by Crippen LogP contribution is 2.31. The molecule has 1 N–H and O–H groups in total. The van der Waals surface area contributed by atoms with E-state index < -0.39 is 0 Å². The zero-order chi connectivity index (χ0) is 16.5. The Hall–Kier alpha value is -2.00. The first-order valence-electron chi connectivity index (χ1n) is 8.29. The third-order valence-corrected chi connectivity index (χ3v) is 3.75. The van der Waals surface area contributed by atoms with Gasteiger partial charge in [-0.1, -0.05) is 55.3 Å². The molecule has 0 spiro atoms. The summed E-state index contributed by atoms with van der Waals surface area (Å²) in [5.41, 5.74) is 3.71. The van der Waals surface area contributed by atoms with E-state index in [0.717, 1.165) is 49.6 Å². The number of para-hydroxylation sites is 1. The quantitative estimate of drug-likeness (QED) is 0.693. The van der Waals surface area contributed by atoms with E-state index in [0.29, 0.717) is 0 Å². The topological polar surface area (TPSA) is 30.5 Å². The molecule has 0 fully saturated rings. The Balaban J connectivity index is 2.00. The lowest BCUT2D eigenvalue weighted by Crippen LogP contribution is -2.14. The number of hydrogen-bond acceptors (Lipinski definition) is 3. The molecule has 0 aliphatic rings. The summed E-state index contributed by atoms with van der Waals surface area (Å²) in [5.74, 6) is 1.66. The number of ether oxygens (including phenoxy) is 2. The molecular formula is C20H27NO2. The fourth-order valence-electron chi connectivity index (χ4n) is 2.51. The fourth-order valence-corrected chi connectivity index (χ4v) is 2.51. The van der Waals surface area contributed by atoms with Crippen LogP contribution in [0.25, 0.3) is 0 Å². The van der Waals surface area contributed by atoms with Gasteiger partial charge < -0.3 is 14.8 Å². The summed E-state index contributed by atoms with van der Waals surface area (Å²) in [6, 6.07) is 14.6. The Bertz CT molecular complexity index is 610. The molecule has 0 radical (unpaired) electrons. The lowest BCUT2D eigenvalue weighted by molar-refractivity contribution is 0.284. The van der Waals surface area contributed by atoms with Crippen LogP contribution in [-0.2, 0) is 13.1 Å². The van der Waals surface area contributed by atoms with Gasteiger partial charge in [0.25, 0.3) is 0 Å². The number of rotatable bonds is 9. The molecule has 2 rings (SSSR count). The van der Waals surface area contributed by atoms with Crippen molar-refractivity contribution < 1.29 is 9.47 Å². The zero-order valence-electron chi connectivity index (χ0n) is 14.4. The van der Waals surface area contributed by atoms with E-state index in [4.69, 9.17) is 9.47 Å². The summed E-state index contributed by atoms with van der Waals surface area (Å²) >= 11 is 0. The minimum Gasteiger partial charge on any atom is -0.493 e. The molecule has 0 atom stereocenters. The second-order valence-electron chi connectivity index (χ2n) is 5.74. The molecule has 0 unspecified atom stereocenters. The molecule has 3 heteroatoms. The minimum absolute atomic E-state index is 0.724.